The molecule has 0 spiro atoms. The summed E-state index contributed by atoms with van der Waals surface area (Å²) in [4.78, 5) is 0.283. The molecule has 0 saturated carbocycles. The average molecular weight is 316 g/mol. The van der Waals surface area contributed by atoms with E-state index in [1.807, 2.05) is 13.8 Å². The van der Waals surface area contributed by atoms with Crippen molar-refractivity contribution in [3.8, 4) is 0 Å². The average Bonchev–Trinajstić information content (AvgIpc) is 2.82. The summed E-state index contributed by atoms with van der Waals surface area (Å²) in [6.45, 7) is 9.23. The van der Waals surface area contributed by atoms with Gasteiger partial charge in [-0.2, -0.15) is 4.31 Å². The van der Waals surface area contributed by atoms with Crippen molar-refractivity contribution < 1.29 is 12.8 Å². The highest BCUT2D eigenvalue weighted by molar-refractivity contribution is 7.89. The number of hydrogen-bond acceptors (Lipinski definition) is 4. The molecule has 6 heteroatoms. The lowest BCUT2D eigenvalue weighted by molar-refractivity contribution is 0.349. The molecular weight excluding hydrogens is 288 g/mol. The summed E-state index contributed by atoms with van der Waals surface area (Å²) in [6, 6.07) is 1.66. The Morgan fingerprint density at radius 3 is 2.43 bits per heavy atom. The number of nitrogens with one attached hydrogen (secondary N) is 1. The third-order valence-corrected chi connectivity index (χ3v) is 5.78. The lowest BCUT2D eigenvalue weighted by atomic mass is 10.2. The van der Waals surface area contributed by atoms with Gasteiger partial charge < -0.3 is 9.73 Å². The van der Waals surface area contributed by atoms with E-state index in [1.54, 1.807) is 20.0 Å². The van der Waals surface area contributed by atoms with Crippen LogP contribution in [0.5, 0.6) is 0 Å². The SMILES string of the molecule is CCCNCc1cc(S(=O)(=O)N(C)C(CC)CC)c(C)o1. The Kier molecular flexibility index (Phi) is 6.90. The van der Waals surface area contributed by atoms with E-state index in [0.717, 1.165) is 25.8 Å². The number of aryl methyl sites for hydroxylation is 1. The van der Waals surface area contributed by atoms with E-state index < -0.39 is 10.0 Å². The predicted molar refractivity (Wildman–Crippen MR) is 84.8 cm³/mol. The summed E-state index contributed by atoms with van der Waals surface area (Å²) >= 11 is 0. The molecule has 0 fully saturated rings. The number of hydrogen-bond donors (Lipinski definition) is 1. The first-order chi connectivity index (χ1) is 9.88. The normalized spacial score (nSPS) is 12.5. The molecule has 1 rings (SSSR count). The largest absolute Gasteiger partial charge is 0.464 e. The minimum absolute atomic E-state index is 0.0194. The van der Waals surface area contributed by atoms with E-state index in [0.29, 0.717) is 18.1 Å². The molecule has 0 aliphatic heterocycles. The molecule has 1 aromatic rings. The van der Waals surface area contributed by atoms with Crippen molar-refractivity contribution in [3.63, 3.8) is 0 Å². The zero-order chi connectivity index (χ0) is 16.0. The Labute approximate surface area is 128 Å². The van der Waals surface area contributed by atoms with Crippen LogP contribution < -0.4 is 5.32 Å². The van der Waals surface area contributed by atoms with Crippen molar-refractivity contribution in [1.29, 1.82) is 0 Å². The maximum atomic E-state index is 12.7. The first kappa shape index (κ1) is 18.2. The van der Waals surface area contributed by atoms with Crippen LogP contribution in [0.4, 0.5) is 0 Å². The summed E-state index contributed by atoms with van der Waals surface area (Å²) in [5.74, 6) is 1.12. The molecule has 0 aromatic carbocycles. The first-order valence-electron chi connectivity index (χ1n) is 7.66. The fraction of sp³-hybridized carbons (Fsp3) is 0.733. The van der Waals surface area contributed by atoms with Gasteiger partial charge in [-0.25, -0.2) is 8.42 Å². The van der Waals surface area contributed by atoms with E-state index >= 15 is 0 Å². The molecule has 0 aliphatic rings. The smallest absolute Gasteiger partial charge is 0.246 e. The molecule has 0 bridgehead atoms. The van der Waals surface area contributed by atoms with Crippen LogP contribution >= 0.6 is 0 Å². The van der Waals surface area contributed by atoms with Gasteiger partial charge in [0.15, 0.2) is 0 Å². The van der Waals surface area contributed by atoms with Gasteiger partial charge in [-0.15, -0.1) is 0 Å². The predicted octanol–water partition coefficient (Wildman–Crippen LogP) is 2.90. The summed E-state index contributed by atoms with van der Waals surface area (Å²) in [5, 5.41) is 3.22. The van der Waals surface area contributed by atoms with Crippen molar-refractivity contribution in [2.75, 3.05) is 13.6 Å². The standard InChI is InChI=1S/C15H28N2O3S/c1-6-9-16-11-14-10-15(12(4)20-14)21(18,19)17(5)13(7-2)8-3/h10,13,16H,6-9,11H2,1-5H3. The van der Waals surface area contributed by atoms with Crippen LogP contribution in [-0.4, -0.2) is 32.4 Å². The van der Waals surface area contributed by atoms with Crippen molar-refractivity contribution in [2.24, 2.45) is 0 Å². The van der Waals surface area contributed by atoms with E-state index in [4.69, 9.17) is 4.42 Å². The molecule has 5 nitrogen and oxygen atoms in total. The van der Waals surface area contributed by atoms with Crippen LogP contribution in [0.15, 0.2) is 15.4 Å². The highest BCUT2D eigenvalue weighted by Gasteiger charge is 2.29. The number of rotatable bonds is 9. The highest BCUT2D eigenvalue weighted by atomic mass is 32.2. The lowest BCUT2D eigenvalue weighted by Crippen LogP contribution is -2.36. The molecule has 0 amide bonds. The van der Waals surface area contributed by atoms with Gasteiger partial charge in [0, 0.05) is 19.2 Å². The van der Waals surface area contributed by atoms with Crippen molar-refractivity contribution in [3.05, 3.63) is 17.6 Å². The Bertz CT molecular complexity index is 533. The van der Waals surface area contributed by atoms with E-state index in [1.165, 1.54) is 4.31 Å². The van der Waals surface area contributed by atoms with Gasteiger partial charge >= 0.3 is 0 Å². The number of sulfonamides is 1. The second-order valence-electron chi connectivity index (χ2n) is 5.30. The molecule has 1 N–H and O–H groups in total. The maximum Gasteiger partial charge on any atom is 0.246 e. The van der Waals surface area contributed by atoms with E-state index in [-0.39, 0.29) is 10.9 Å². The summed E-state index contributed by atoms with van der Waals surface area (Å²) in [7, 11) is -1.84. The van der Waals surface area contributed by atoms with Crippen molar-refractivity contribution in [2.45, 2.75) is 64.4 Å². The monoisotopic (exact) mass is 316 g/mol. The van der Waals surface area contributed by atoms with Gasteiger partial charge in [-0.05, 0) is 32.7 Å². The summed E-state index contributed by atoms with van der Waals surface area (Å²) in [6.07, 6.45) is 2.63. The summed E-state index contributed by atoms with van der Waals surface area (Å²) in [5.41, 5.74) is 0. The fourth-order valence-corrected chi connectivity index (χ4v) is 4.10. The van der Waals surface area contributed by atoms with Gasteiger partial charge in [0.05, 0.1) is 6.54 Å². The van der Waals surface area contributed by atoms with Crippen molar-refractivity contribution >= 4 is 10.0 Å². The van der Waals surface area contributed by atoms with Crippen LogP contribution in [0.3, 0.4) is 0 Å². The van der Waals surface area contributed by atoms with Gasteiger partial charge in [-0.3, -0.25) is 0 Å². The van der Waals surface area contributed by atoms with Gasteiger partial charge in [0.25, 0.3) is 0 Å². The third kappa shape index (κ3) is 4.31. The van der Waals surface area contributed by atoms with Gasteiger partial charge in [0.1, 0.15) is 16.4 Å². The quantitative estimate of drug-likeness (QED) is 0.712. The Balaban J connectivity index is 2.98. The second kappa shape index (κ2) is 7.96. The van der Waals surface area contributed by atoms with Crippen LogP contribution in [0.2, 0.25) is 0 Å². The molecule has 1 heterocycles. The minimum atomic E-state index is -3.49. The topological polar surface area (TPSA) is 62.6 Å². The van der Waals surface area contributed by atoms with Crippen LogP contribution in [0.25, 0.3) is 0 Å². The molecule has 0 saturated heterocycles. The van der Waals surface area contributed by atoms with E-state index in [9.17, 15) is 8.42 Å². The lowest BCUT2D eigenvalue weighted by Gasteiger charge is -2.25. The Hall–Kier alpha value is -0.850. The maximum absolute atomic E-state index is 12.7. The zero-order valence-corrected chi connectivity index (χ0v) is 14.6. The minimum Gasteiger partial charge on any atom is -0.464 e. The Morgan fingerprint density at radius 1 is 1.29 bits per heavy atom. The molecule has 1 aromatic heterocycles. The van der Waals surface area contributed by atoms with Gasteiger partial charge in [-0.1, -0.05) is 20.8 Å². The van der Waals surface area contributed by atoms with Gasteiger partial charge in [0.2, 0.25) is 10.0 Å². The number of nitrogens with zero attached hydrogens (tertiary/aromatic N) is 1. The molecule has 0 unspecified atom stereocenters. The molecular formula is C15H28N2O3S. The van der Waals surface area contributed by atoms with E-state index in [2.05, 4.69) is 12.2 Å². The molecule has 21 heavy (non-hydrogen) atoms. The molecule has 122 valence electrons. The fourth-order valence-electron chi connectivity index (χ4n) is 2.41. The highest BCUT2D eigenvalue weighted by Crippen LogP contribution is 2.25. The Morgan fingerprint density at radius 2 is 1.90 bits per heavy atom. The van der Waals surface area contributed by atoms with Crippen molar-refractivity contribution in [1.82, 2.24) is 9.62 Å². The second-order valence-corrected chi connectivity index (χ2v) is 7.27. The molecule has 0 radical (unpaired) electrons. The van der Waals surface area contributed by atoms with Crippen LogP contribution in [-0.2, 0) is 16.6 Å². The van der Waals surface area contributed by atoms with Crippen LogP contribution in [0.1, 0.15) is 51.6 Å². The summed E-state index contributed by atoms with van der Waals surface area (Å²) < 4.78 is 32.4. The van der Waals surface area contributed by atoms with Crippen LogP contribution in [0, 0.1) is 6.92 Å². The zero-order valence-electron chi connectivity index (χ0n) is 13.8. The molecule has 0 atom stereocenters. The number of furan rings is 1. The third-order valence-electron chi connectivity index (χ3n) is 3.76. The first-order valence-corrected chi connectivity index (χ1v) is 9.10. The molecule has 0 aliphatic carbocycles.